The van der Waals surface area contributed by atoms with Gasteiger partial charge in [-0.3, -0.25) is 0 Å². The molecule has 0 unspecified atom stereocenters. The molecule has 1 rings (SSSR count). The van der Waals surface area contributed by atoms with Crippen LogP contribution in [0.15, 0.2) is 0 Å². The van der Waals surface area contributed by atoms with Gasteiger partial charge in [0.1, 0.15) is 0 Å². The van der Waals surface area contributed by atoms with Crippen molar-refractivity contribution in [1.29, 1.82) is 0 Å². The summed E-state index contributed by atoms with van der Waals surface area (Å²) in [5.74, 6) is 0. The van der Waals surface area contributed by atoms with E-state index in [2.05, 4.69) is 24.3 Å². The fourth-order valence-corrected chi connectivity index (χ4v) is 1.83. The van der Waals surface area contributed by atoms with E-state index in [0.717, 1.165) is 32.5 Å². The van der Waals surface area contributed by atoms with Crippen LogP contribution in [0.1, 0.15) is 25.7 Å². The summed E-state index contributed by atoms with van der Waals surface area (Å²) in [6.45, 7) is 2.77. The zero-order valence-corrected chi connectivity index (χ0v) is 8.84. The van der Waals surface area contributed by atoms with Gasteiger partial charge in [-0.05, 0) is 26.9 Å². The Hall–Kier alpha value is -0.120. The average Bonchev–Trinajstić information content (AvgIpc) is 2.47. The second-order valence-electron chi connectivity index (χ2n) is 4.41. The normalized spacial score (nSPS) is 21.2. The van der Waals surface area contributed by atoms with Crippen LogP contribution in [0.4, 0.5) is 0 Å². The van der Waals surface area contributed by atoms with Crippen LogP contribution < -0.4 is 5.32 Å². The third-order valence-corrected chi connectivity index (χ3v) is 2.72. The lowest BCUT2D eigenvalue weighted by Crippen LogP contribution is -2.40. The van der Waals surface area contributed by atoms with Gasteiger partial charge in [-0.15, -0.1) is 0 Å². The van der Waals surface area contributed by atoms with E-state index in [4.69, 9.17) is 0 Å². The first-order valence-electron chi connectivity index (χ1n) is 5.20. The highest BCUT2D eigenvalue weighted by atomic mass is 16.3. The van der Waals surface area contributed by atoms with Crippen LogP contribution in [0.3, 0.4) is 0 Å². The van der Waals surface area contributed by atoms with Crippen molar-refractivity contribution in [2.45, 2.75) is 31.3 Å². The monoisotopic (exact) mass is 186 g/mol. The maximum absolute atomic E-state index is 9.98. The molecule has 1 fully saturated rings. The summed E-state index contributed by atoms with van der Waals surface area (Å²) in [5.41, 5.74) is -0.397. The minimum Gasteiger partial charge on any atom is -0.389 e. The van der Waals surface area contributed by atoms with Gasteiger partial charge in [-0.1, -0.05) is 12.8 Å². The Labute approximate surface area is 81.1 Å². The van der Waals surface area contributed by atoms with Crippen molar-refractivity contribution >= 4 is 0 Å². The molecular formula is C10H22N2O. The molecule has 1 saturated carbocycles. The molecule has 3 nitrogen and oxygen atoms in total. The second kappa shape index (κ2) is 4.94. The Balaban J connectivity index is 2.04. The second-order valence-corrected chi connectivity index (χ2v) is 4.41. The van der Waals surface area contributed by atoms with Gasteiger partial charge in [0.2, 0.25) is 0 Å². The van der Waals surface area contributed by atoms with Gasteiger partial charge in [0.05, 0.1) is 5.60 Å². The minimum atomic E-state index is -0.397. The highest BCUT2D eigenvalue weighted by Crippen LogP contribution is 2.28. The molecule has 2 N–H and O–H groups in total. The van der Waals surface area contributed by atoms with Gasteiger partial charge in [-0.25, -0.2) is 0 Å². The molecule has 0 aliphatic heterocycles. The molecular weight excluding hydrogens is 164 g/mol. The van der Waals surface area contributed by atoms with Crippen molar-refractivity contribution in [3.8, 4) is 0 Å². The highest BCUT2D eigenvalue weighted by molar-refractivity contribution is 4.86. The number of hydrogen-bond donors (Lipinski definition) is 2. The molecule has 78 valence electrons. The van der Waals surface area contributed by atoms with Crippen LogP contribution >= 0.6 is 0 Å². The summed E-state index contributed by atoms with van der Waals surface area (Å²) < 4.78 is 0. The molecule has 0 aromatic carbocycles. The van der Waals surface area contributed by atoms with E-state index in [1.165, 1.54) is 12.8 Å². The van der Waals surface area contributed by atoms with Crippen molar-refractivity contribution in [2.24, 2.45) is 0 Å². The summed E-state index contributed by atoms with van der Waals surface area (Å²) in [5, 5.41) is 13.3. The number of aliphatic hydroxyl groups is 1. The van der Waals surface area contributed by atoms with Crippen LogP contribution in [0.5, 0.6) is 0 Å². The van der Waals surface area contributed by atoms with Crippen LogP contribution in [0.2, 0.25) is 0 Å². The molecule has 1 aliphatic rings. The quantitative estimate of drug-likeness (QED) is 0.612. The van der Waals surface area contributed by atoms with E-state index >= 15 is 0 Å². The Morgan fingerprint density at radius 3 is 2.46 bits per heavy atom. The molecule has 1 aliphatic carbocycles. The van der Waals surface area contributed by atoms with E-state index in [0.29, 0.717) is 0 Å². The van der Waals surface area contributed by atoms with Gasteiger partial charge in [-0.2, -0.15) is 0 Å². The first kappa shape index (κ1) is 11.0. The van der Waals surface area contributed by atoms with Crippen molar-refractivity contribution in [2.75, 3.05) is 33.7 Å². The molecule has 0 saturated heterocycles. The molecule has 0 atom stereocenters. The smallest absolute Gasteiger partial charge is 0.0771 e. The van der Waals surface area contributed by atoms with E-state index < -0.39 is 5.60 Å². The summed E-state index contributed by atoms with van der Waals surface area (Å²) in [4.78, 5) is 2.14. The summed E-state index contributed by atoms with van der Waals surface area (Å²) in [6.07, 6.45) is 4.32. The van der Waals surface area contributed by atoms with Crippen molar-refractivity contribution in [3.63, 3.8) is 0 Å². The average molecular weight is 186 g/mol. The summed E-state index contributed by atoms with van der Waals surface area (Å²) in [6, 6.07) is 0. The maximum atomic E-state index is 9.98. The van der Waals surface area contributed by atoms with Gasteiger partial charge < -0.3 is 15.3 Å². The molecule has 0 aromatic rings. The number of hydrogen-bond acceptors (Lipinski definition) is 3. The van der Waals surface area contributed by atoms with E-state index in [-0.39, 0.29) is 0 Å². The first-order chi connectivity index (χ1) is 6.12. The lowest BCUT2D eigenvalue weighted by Gasteiger charge is -2.22. The van der Waals surface area contributed by atoms with E-state index in [1.807, 2.05) is 0 Å². The molecule has 0 aromatic heterocycles. The third kappa shape index (κ3) is 4.07. The molecule has 13 heavy (non-hydrogen) atoms. The number of nitrogens with one attached hydrogen (secondary N) is 1. The van der Waals surface area contributed by atoms with Crippen LogP contribution in [0, 0.1) is 0 Å². The van der Waals surface area contributed by atoms with Gasteiger partial charge >= 0.3 is 0 Å². The Kier molecular flexibility index (Phi) is 4.16. The SMILES string of the molecule is CN(C)CCNCC1(O)CCCC1. The zero-order valence-electron chi connectivity index (χ0n) is 8.84. The predicted octanol–water partition coefficient (Wildman–Crippen LogP) is 0.443. The van der Waals surface area contributed by atoms with Gasteiger partial charge in [0.25, 0.3) is 0 Å². The van der Waals surface area contributed by atoms with Crippen molar-refractivity contribution < 1.29 is 5.11 Å². The van der Waals surface area contributed by atoms with Crippen molar-refractivity contribution in [3.05, 3.63) is 0 Å². The van der Waals surface area contributed by atoms with E-state index in [9.17, 15) is 5.11 Å². The first-order valence-corrected chi connectivity index (χ1v) is 5.20. The predicted molar refractivity (Wildman–Crippen MR) is 54.8 cm³/mol. The third-order valence-electron chi connectivity index (χ3n) is 2.72. The topological polar surface area (TPSA) is 35.5 Å². The lowest BCUT2D eigenvalue weighted by atomic mass is 10.0. The number of rotatable bonds is 5. The molecule has 0 amide bonds. The summed E-state index contributed by atoms with van der Waals surface area (Å²) in [7, 11) is 4.12. The Bertz CT molecular complexity index is 142. The zero-order chi connectivity index (χ0) is 9.73. The van der Waals surface area contributed by atoms with Crippen LogP contribution in [-0.4, -0.2) is 49.3 Å². The minimum absolute atomic E-state index is 0.397. The fourth-order valence-electron chi connectivity index (χ4n) is 1.83. The van der Waals surface area contributed by atoms with Crippen LogP contribution in [0.25, 0.3) is 0 Å². The molecule has 0 spiro atoms. The largest absolute Gasteiger partial charge is 0.389 e. The Morgan fingerprint density at radius 1 is 1.31 bits per heavy atom. The van der Waals surface area contributed by atoms with E-state index in [1.54, 1.807) is 0 Å². The maximum Gasteiger partial charge on any atom is 0.0771 e. The lowest BCUT2D eigenvalue weighted by molar-refractivity contribution is 0.0476. The molecule has 0 heterocycles. The van der Waals surface area contributed by atoms with Gasteiger partial charge in [0, 0.05) is 19.6 Å². The number of nitrogens with zero attached hydrogens (tertiary/aromatic N) is 1. The molecule has 0 radical (unpaired) electrons. The Morgan fingerprint density at radius 2 is 1.92 bits per heavy atom. The van der Waals surface area contributed by atoms with Gasteiger partial charge in [0.15, 0.2) is 0 Å². The standard InChI is InChI=1S/C10H22N2O/c1-12(2)8-7-11-9-10(13)5-3-4-6-10/h11,13H,3-9H2,1-2H3. The molecule has 0 bridgehead atoms. The van der Waals surface area contributed by atoms with Crippen molar-refractivity contribution in [1.82, 2.24) is 10.2 Å². The highest BCUT2D eigenvalue weighted by Gasteiger charge is 2.30. The van der Waals surface area contributed by atoms with Crippen LogP contribution in [-0.2, 0) is 0 Å². The summed E-state index contributed by atoms with van der Waals surface area (Å²) >= 11 is 0. The molecule has 3 heteroatoms. The number of likely N-dealkylation sites (N-methyl/N-ethyl adjacent to an activating group) is 1. The fraction of sp³-hybridized carbons (Fsp3) is 1.00.